The van der Waals surface area contributed by atoms with E-state index in [1.165, 1.54) is 6.07 Å². The second kappa shape index (κ2) is 5.96. The first kappa shape index (κ1) is 14.4. The second-order valence-corrected chi connectivity index (χ2v) is 4.82. The Kier molecular flexibility index (Phi) is 4.29. The van der Waals surface area contributed by atoms with Gasteiger partial charge in [-0.3, -0.25) is 10.1 Å². The van der Waals surface area contributed by atoms with Crippen LogP contribution < -0.4 is 9.47 Å². The Balaban J connectivity index is 2.40. The van der Waals surface area contributed by atoms with Crippen LogP contribution in [0.1, 0.15) is 16.2 Å². The molecule has 0 saturated heterocycles. The molecule has 106 valence electrons. The van der Waals surface area contributed by atoms with E-state index >= 15 is 0 Å². The average molecular weight is 342 g/mol. The lowest BCUT2D eigenvalue weighted by Gasteiger charge is -2.13. The Labute approximate surface area is 123 Å². The van der Waals surface area contributed by atoms with Gasteiger partial charge in [0.25, 0.3) is 0 Å². The Bertz CT molecular complexity index is 625. The summed E-state index contributed by atoms with van der Waals surface area (Å²) in [5, 5.41) is 10.6. The number of nitro groups is 1. The van der Waals surface area contributed by atoms with Crippen LogP contribution in [0.15, 0.2) is 34.7 Å². The number of halogens is 1. The first-order valence-electron chi connectivity index (χ1n) is 5.67. The molecular formula is C13H12BrNO5. The van der Waals surface area contributed by atoms with Crippen LogP contribution >= 0.6 is 15.9 Å². The van der Waals surface area contributed by atoms with Gasteiger partial charge in [-0.15, -0.1) is 0 Å². The Morgan fingerprint density at radius 2 is 2.00 bits per heavy atom. The van der Waals surface area contributed by atoms with Gasteiger partial charge in [0.2, 0.25) is 0 Å². The lowest BCUT2D eigenvalue weighted by Crippen LogP contribution is -1.97. The molecule has 0 bridgehead atoms. The third-order valence-electron chi connectivity index (χ3n) is 2.75. The number of hydrogen-bond acceptors (Lipinski definition) is 5. The fraction of sp³-hybridized carbons (Fsp3) is 0.231. The number of methoxy groups -OCH3 is 2. The van der Waals surface area contributed by atoms with Crippen molar-refractivity contribution in [2.75, 3.05) is 14.2 Å². The van der Waals surface area contributed by atoms with Crippen LogP contribution in [0.4, 0.5) is 5.88 Å². The number of alkyl halides is 1. The van der Waals surface area contributed by atoms with Crippen LogP contribution in [0, 0.1) is 10.1 Å². The van der Waals surface area contributed by atoms with E-state index in [4.69, 9.17) is 13.9 Å². The molecule has 0 amide bonds. The summed E-state index contributed by atoms with van der Waals surface area (Å²) in [4.78, 5) is 9.70. The molecule has 1 aromatic carbocycles. The summed E-state index contributed by atoms with van der Waals surface area (Å²) in [5.41, 5.74) is 0.760. The van der Waals surface area contributed by atoms with Gasteiger partial charge < -0.3 is 13.9 Å². The monoisotopic (exact) mass is 341 g/mol. The van der Waals surface area contributed by atoms with Crippen LogP contribution in [-0.4, -0.2) is 19.1 Å². The molecule has 0 aliphatic rings. The fourth-order valence-corrected chi connectivity index (χ4v) is 2.37. The molecule has 0 aliphatic carbocycles. The molecule has 0 radical (unpaired) electrons. The minimum atomic E-state index is -0.577. The van der Waals surface area contributed by atoms with Gasteiger partial charge in [0.15, 0.2) is 0 Å². The van der Waals surface area contributed by atoms with Crippen molar-refractivity contribution in [3.63, 3.8) is 0 Å². The summed E-state index contributed by atoms with van der Waals surface area (Å²) in [6, 6.07) is 8.19. The molecular weight excluding hydrogens is 330 g/mol. The largest absolute Gasteiger partial charge is 0.497 e. The van der Waals surface area contributed by atoms with E-state index in [2.05, 4.69) is 15.9 Å². The smallest absolute Gasteiger partial charge is 0.433 e. The van der Waals surface area contributed by atoms with Gasteiger partial charge in [-0.05, 0) is 24.3 Å². The van der Waals surface area contributed by atoms with Crippen molar-refractivity contribution in [1.82, 2.24) is 0 Å². The summed E-state index contributed by atoms with van der Waals surface area (Å²) in [6.07, 6.45) is 0. The lowest BCUT2D eigenvalue weighted by atomic mass is 10.1. The standard InChI is InChI=1S/C13H12BrNO5/c1-18-8-3-4-10(19-2)9(7-8)13(14)11-5-6-12(20-11)15(16)17/h3-7,13H,1-2H3. The van der Waals surface area contributed by atoms with Crippen molar-refractivity contribution in [3.05, 3.63) is 51.8 Å². The highest BCUT2D eigenvalue weighted by molar-refractivity contribution is 9.09. The molecule has 0 aliphatic heterocycles. The molecule has 6 nitrogen and oxygen atoms in total. The van der Waals surface area contributed by atoms with Crippen LogP contribution in [0.25, 0.3) is 0 Å². The highest BCUT2D eigenvalue weighted by Gasteiger charge is 2.22. The number of rotatable bonds is 5. The second-order valence-electron chi connectivity index (χ2n) is 3.90. The van der Waals surface area contributed by atoms with Crippen molar-refractivity contribution >= 4 is 21.8 Å². The molecule has 0 spiro atoms. The number of benzene rings is 1. The number of hydrogen-bond donors (Lipinski definition) is 0. The fourth-order valence-electron chi connectivity index (χ4n) is 1.77. The quantitative estimate of drug-likeness (QED) is 0.471. The van der Waals surface area contributed by atoms with Gasteiger partial charge in [-0.2, -0.15) is 0 Å². The van der Waals surface area contributed by atoms with E-state index in [-0.39, 0.29) is 10.7 Å². The highest BCUT2D eigenvalue weighted by atomic mass is 79.9. The van der Waals surface area contributed by atoms with E-state index in [1.807, 2.05) is 0 Å². The van der Waals surface area contributed by atoms with Gasteiger partial charge in [-0.1, -0.05) is 15.9 Å². The van der Waals surface area contributed by atoms with Gasteiger partial charge >= 0.3 is 5.88 Å². The molecule has 20 heavy (non-hydrogen) atoms. The molecule has 1 atom stereocenters. The van der Waals surface area contributed by atoms with Crippen LogP contribution in [0.3, 0.4) is 0 Å². The summed E-state index contributed by atoms with van der Waals surface area (Å²) in [7, 11) is 3.11. The molecule has 0 saturated carbocycles. The van der Waals surface area contributed by atoms with E-state index in [1.54, 1.807) is 38.5 Å². The summed E-state index contributed by atoms with van der Waals surface area (Å²) >= 11 is 3.46. The van der Waals surface area contributed by atoms with Crippen molar-refractivity contribution < 1.29 is 18.8 Å². The maximum atomic E-state index is 10.6. The SMILES string of the molecule is COc1ccc(OC)c(C(Br)c2ccc([N+](=O)[O-])o2)c1. The third-order valence-corrected chi connectivity index (χ3v) is 3.70. The van der Waals surface area contributed by atoms with Gasteiger partial charge in [0.1, 0.15) is 27.0 Å². The van der Waals surface area contributed by atoms with E-state index < -0.39 is 4.92 Å². The normalized spacial score (nSPS) is 11.9. The van der Waals surface area contributed by atoms with E-state index in [0.29, 0.717) is 17.3 Å². The number of furan rings is 1. The molecule has 2 aromatic rings. The summed E-state index contributed by atoms with van der Waals surface area (Å²) in [6.45, 7) is 0. The topological polar surface area (TPSA) is 74.7 Å². The number of nitrogens with zero attached hydrogens (tertiary/aromatic N) is 1. The first-order chi connectivity index (χ1) is 9.56. The molecule has 0 fully saturated rings. The van der Waals surface area contributed by atoms with Crippen LogP contribution in [-0.2, 0) is 0 Å². The first-order valence-corrected chi connectivity index (χ1v) is 6.58. The van der Waals surface area contributed by atoms with Crippen molar-refractivity contribution in [1.29, 1.82) is 0 Å². The van der Waals surface area contributed by atoms with Crippen molar-refractivity contribution in [3.8, 4) is 11.5 Å². The zero-order valence-corrected chi connectivity index (χ0v) is 12.4. The summed E-state index contributed by atoms with van der Waals surface area (Å²) in [5.74, 6) is 1.41. The molecule has 2 rings (SSSR count). The lowest BCUT2D eigenvalue weighted by molar-refractivity contribution is -0.402. The van der Waals surface area contributed by atoms with E-state index in [0.717, 1.165) is 5.56 Å². The van der Waals surface area contributed by atoms with Crippen LogP contribution in [0.5, 0.6) is 11.5 Å². The van der Waals surface area contributed by atoms with E-state index in [9.17, 15) is 10.1 Å². The molecule has 7 heteroatoms. The minimum Gasteiger partial charge on any atom is -0.497 e. The molecule has 1 aromatic heterocycles. The predicted octanol–water partition coefficient (Wildman–Crippen LogP) is 3.69. The zero-order valence-electron chi connectivity index (χ0n) is 10.8. The molecule has 1 unspecified atom stereocenters. The van der Waals surface area contributed by atoms with Gasteiger partial charge in [0, 0.05) is 5.56 Å². The Morgan fingerprint density at radius 3 is 2.55 bits per heavy atom. The maximum absolute atomic E-state index is 10.6. The highest BCUT2D eigenvalue weighted by Crippen LogP contribution is 2.39. The zero-order chi connectivity index (χ0) is 14.7. The van der Waals surface area contributed by atoms with Crippen molar-refractivity contribution in [2.45, 2.75) is 4.83 Å². The summed E-state index contributed by atoms with van der Waals surface area (Å²) < 4.78 is 15.6. The van der Waals surface area contributed by atoms with Gasteiger partial charge in [0.05, 0.1) is 20.3 Å². The Morgan fingerprint density at radius 1 is 1.25 bits per heavy atom. The maximum Gasteiger partial charge on any atom is 0.433 e. The van der Waals surface area contributed by atoms with Crippen molar-refractivity contribution in [2.24, 2.45) is 0 Å². The van der Waals surface area contributed by atoms with Gasteiger partial charge in [-0.25, -0.2) is 0 Å². The molecule has 1 heterocycles. The Hall–Kier alpha value is -2.02. The minimum absolute atomic E-state index is 0.300. The van der Waals surface area contributed by atoms with Crippen LogP contribution in [0.2, 0.25) is 0 Å². The predicted molar refractivity (Wildman–Crippen MR) is 75.7 cm³/mol. The molecule has 0 N–H and O–H groups in total. The number of ether oxygens (including phenoxy) is 2. The third kappa shape index (κ3) is 2.77. The average Bonchev–Trinajstić information content (AvgIpc) is 2.95.